The lowest BCUT2D eigenvalue weighted by molar-refractivity contribution is 0.214. The Morgan fingerprint density at radius 3 is 2.94 bits per heavy atom. The van der Waals surface area contributed by atoms with Crippen molar-refractivity contribution in [1.82, 2.24) is 9.55 Å². The van der Waals surface area contributed by atoms with E-state index in [9.17, 15) is 0 Å². The van der Waals surface area contributed by atoms with Crippen molar-refractivity contribution in [3.8, 4) is 0 Å². The summed E-state index contributed by atoms with van der Waals surface area (Å²) in [5, 5.41) is 0. The number of nitrogens with two attached hydrogens (primary N) is 1. The monoisotopic (exact) mass is 235 g/mol. The van der Waals surface area contributed by atoms with E-state index >= 15 is 0 Å². The molecule has 1 saturated carbocycles. The molecule has 3 nitrogen and oxygen atoms in total. The van der Waals surface area contributed by atoms with Crippen molar-refractivity contribution in [2.75, 3.05) is 0 Å². The molecule has 1 aromatic heterocycles. The number of aryl methyl sites for hydroxylation is 1. The molecule has 1 heterocycles. The second kappa shape index (κ2) is 4.81. The van der Waals surface area contributed by atoms with E-state index in [4.69, 9.17) is 5.73 Å². The minimum atomic E-state index is 0.0917. The second-order valence-electron chi connectivity index (χ2n) is 5.99. The van der Waals surface area contributed by atoms with Crippen LogP contribution in [0.4, 0.5) is 0 Å². The highest BCUT2D eigenvalue weighted by Gasteiger charge is 2.39. The van der Waals surface area contributed by atoms with Gasteiger partial charge in [-0.15, -0.1) is 0 Å². The Hall–Kier alpha value is -0.830. The second-order valence-corrected chi connectivity index (χ2v) is 5.99. The van der Waals surface area contributed by atoms with Crippen LogP contribution in [0, 0.1) is 11.3 Å². The first kappa shape index (κ1) is 12.6. The molecule has 2 N–H and O–H groups in total. The third kappa shape index (κ3) is 2.39. The van der Waals surface area contributed by atoms with Gasteiger partial charge in [0.1, 0.15) is 5.82 Å². The van der Waals surface area contributed by atoms with Gasteiger partial charge in [-0.3, -0.25) is 0 Å². The maximum absolute atomic E-state index is 6.47. The molecule has 0 amide bonds. The van der Waals surface area contributed by atoms with Crippen molar-refractivity contribution >= 4 is 0 Å². The molecule has 1 aliphatic carbocycles. The summed E-state index contributed by atoms with van der Waals surface area (Å²) >= 11 is 0. The summed E-state index contributed by atoms with van der Waals surface area (Å²) in [6.07, 6.45) is 8.91. The number of imidazole rings is 1. The maximum atomic E-state index is 6.47. The normalized spacial score (nSPS) is 25.1. The van der Waals surface area contributed by atoms with Gasteiger partial charge in [-0.1, -0.05) is 27.2 Å². The topological polar surface area (TPSA) is 43.8 Å². The van der Waals surface area contributed by atoms with Crippen LogP contribution in [0.3, 0.4) is 0 Å². The zero-order valence-electron chi connectivity index (χ0n) is 11.3. The molecule has 1 aliphatic rings. The fraction of sp³-hybridized carbons (Fsp3) is 0.786. The number of nitrogens with zero attached hydrogens (tertiary/aromatic N) is 2. The first-order chi connectivity index (χ1) is 8.06. The fourth-order valence-corrected chi connectivity index (χ4v) is 3.25. The van der Waals surface area contributed by atoms with Crippen LogP contribution in [0.5, 0.6) is 0 Å². The van der Waals surface area contributed by atoms with E-state index in [2.05, 4.69) is 36.5 Å². The van der Waals surface area contributed by atoms with E-state index < -0.39 is 0 Å². The Morgan fingerprint density at radius 2 is 2.35 bits per heavy atom. The van der Waals surface area contributed by atoms with Gasteiger partial charge in [0.05, 0.1) is 6.04 Å². The minimum Gasteiger partial charge on any atom is -0.334 e. The van der Waals surface area contributed by atoms with Crippen LogP contribution in [0.1, 0.15) is 58.3 Å². The van der Waals surface area contributed by atoms with Crippen LogP contribution in [-0.2, 0) is 6.54 Å². The number of hydrogen-bond acceptors (Lipinski definition) is 2. The molecule has 0 aromatic carbocycles. The Morgan fingerprint density at radius 1 is 1.59 bits per heavy atom. The SMILES string of the molecule is CCCn1ccnc1C(N)C1CCCC1(C)C. The highest BCUT2D eigenvalue weighted by molar-refractivity contribution is 5.04. The lowest BCUT2D eigenvalue weighted by Gasteiger charge is -2.31. The predicted octanol–water partition coefficient (Wildman–Crippen LogP) is 3.12. The largest absolute Gasteiger partial charge is 0.334 e. The highest BCUT2D eigenvalue weighted by atomic mass is 15.1. The third-order valence-electron chi connectivity index (χ3n) is 4.28. The summed E-state index contributed by atoms with van der Waals surface area (Å²) in [6, 6.07) is 0.0917. The maximum Gasteiger partial charge on any atom is 0.125 e. The molecule has 0 spiro atoms. The molecule has 2 atom stereocenters. The molecule has 0 aliphatic heterocycles. The quantitative estimate of drug-likeness (QED) is 0.871. The molecule has 0 radical (unpaired) electrons. The smallest absolute Gasteiger partial charge is 0.125 e. The van der Waals surface area contributed by atoms with Crippen LogP contribution < -0.4 is 5.73 Å². The van der Waals surface area contributed by atoms with Crippen molar-refractivity contribution in [3.63, 3.8) is 0 Å². The standard InChI is InChI=1S/C14H25N3/c1-4-9-17-10-8-16-13(17)12(15)11-6-5-7-14(11,2)3/h8,10-12H,4-7,9,15H2,1-3H3. The Bertz CT molecular complexity index is 367. The van der Waals surface area contributed by atoms with Crippen LogP contribution in [-0.4, -0.2) is 9.55 Å². The van der Waals surface area contributed by atoms with Crippen LogP contribution >= 0.6 is 0 Å². The van der Waals surface area contributed by atoms with Gasteiger partial charge in [0, 0.05) is 18.9 Å². The van der Waals surface area contributed by atoms with Crippen LogP contribution in [0.15, 0.2) is 12.4 Å². The van der Waals surface area contributed by atoms with Gasteiger partial charge in [-0.2, -0.15) is 0 Å². The van der Waals surface area contributed by atoms with E-state index in [1.54, 1.807) is 0 Å². The van der Waals surface area contributed by atoms with E-state index in [1.165, 1.54) is 19.3 Å². The minimum absolute atomic E-state index is 0.0917. The average Bonchev–Trinajstić information content (AvgIpc) is 2.84. The van der Waals surface area contributed by atoms with Crippen molar-refractivity contribution < 1.29 is 0 Å². The summed E-state index contributed by atoms with van der Waals surface area (Å²) in [7, 11) is 0. The molecular formula is C14H25N3. The van der Waals surface area contributed by atoms with Crippen molar-refractivity contribution in [2.24, 2.45) is 17.1 Å². The zero-order valence-corrected chi connectivity index (χ0v) is 11.3. The zero-order chi connectivity index (χ0) is 12.5. The van der Waals surface area contributed by atoms with Gasteiger partial charge in [-0.25, -0.2) is 4.98 Å². The highest BCUT2D eigenvalue weighted by Crippen LogP contribution is 2.47. The molecule has 2 unspecified atom stereocenters. The van der Waals surface area contributed by atoms with E-state index in [1.807, 2.05) is 6.20 Å². The van der Waals surface area contributed by atoms with Gasteiger partial charge in [0.2, 0.25) is 0 Å². The molecule has 17 heavy (non-hydrogen) atoms. The summed E-state index contributed by atoms with van der Waals surface area (Å²) in [4.78, 5) is 4.48. The first-order valence-corrected chi connectivity index (χ1v) is 6.83. The Balaban J connectivity index is 2.18. The molecule has 0 bridgehead atoms. The number of rotatable bonds is 4. The Kier molecular flexibility index (Phi) is 3.57. The Labute approximate surface area is 104 Å². The van der Waals surface area contributed by atoms with Crippen molar-refractivity contribution in [2.45, 2.75) is 59.0 Å². The molecule has 96 valence electrons. The predicted molar refractivity (Wildman–Crippen MR) is 70.6 cm³/mol. The van der Waals surface area contributed by atoms with Crippen molar-refractivity contribution in [1.29, 1.82) is 0 Å². The molecular weight excluding hydrogens is 210 g/mol. The fourth-order valence-electron chi connectivity index (χ4n) is 3.25. The van der Waals surface area contributed by atoms with Gasteiger partial charge < -0.3 is 10.3 Å². The first-order valence-electron chi connectivity index (χ1n) is 6.83. The summed E-state index contributed by atoms with van der Waals surface area (Å²) in [5.74, 6) is 1.65. The molecule has 0 saturated heterocycles. The van der Waals surface area contributed by atoms with E-state index in [0.29, 0.717) is 11.3 Å². The van der Waals surface area contributed by atoms with Crippen LogP contribution in [0.2, 0.25) is 0 Å². The molecule has 1 aromatic rings. The molecule has 2 rings (SSSR count). The summed E-state index contributed by atoms with van der Waals surface area (Å²) in [5.41, 5.74) is 6.83. The van der Waals surface area contributed by atoms with E-state index in [0.717, 1.165) is 18.8 Å². The summed E-state index contributed by atoms with van der Waals surface area (Å²) < 4.78 is 2.22. The molecule has 3 heteroatoms. The lowest BCUT2D eigenvalue weighted by atomic mass is 9.77. The van der Waals surface area contributed by atoms with Gasteiger partial charge in [-0.05, 0) is 30.6 Å². The van der Waals surface area contributed by atoms with E-state index in [-0.39, 0.29) is 6.04 Å². The summed E-state index contributed by atoms with van der Waals surface area (Å²) in [6.45, 7) is 7.90. The third-order valence-corrected chi connectivity index (χ3v) is 4.28. The average molecular weight is 235 g/mol. The van der Waals surface area contributed by atoms with Gasteiger partial charge in [0.25, 0.3) is 0 Å². The van der Waals surface area contributed by atoms with Crippen molar-refractivity contribution in [3.05, 3.63) is 18.2 Å². The number of aromatic nitrogens is 2. The van der Waals surface area contributed by atoms with Gasteiger partial charge >= 0.3 is 0 Å². The van der Waals surface area contributed by atoms with Crippen LogP contribution in [0.25, 0.3) is 0 Å². The molecule has 1 fully saturated rings. The van der Waals surface area contributed by atoms with Gasteiger partial charge in [0.15, 0.2) is 0 Å². The number of hydrogen-bond donors (Lipinski definition) is 1. The lowest BCUT2D eigenvalue weighted by Crippen LogP contribution is -2.31.